The van der Waals surface area contributed by atoms with E-state index >= 15 is 0 Å². The van der Waals surface area contributed by atoms with Crippen molar-refractivity contribution in [2.24, 2.45) is 5.92 Å². The number of hydrogen-bond donors (Lipinski definition) is 2. The van der Waals surface area contributed by atoms with Gasteiger partial charge in [-0.2, -0.15) is 0 Å². The highest BCUT2D eigenvalue weighted by atomic mass is 35.5. The molecule has 9 heteroatoms. The van der Waals surface area contributed by atoms with E-state index in [0.29, 0.717) is 34.7 Å². The molecule has 33 heavy (non-hydrogen) atoms. The normalized spacial score (nSPS) is 11.2. The summed E-state index contributed by atoms with van der Waals surface area (Å²) in [6.07, 6.45) is 0. The number of sulfonamides is 1. The second-order valence-corrected chi connectivity index (χ2v) is 9.72. The third-order valence-corrected chi connectivity index (χ3v) is 6.04. The number of amides is 1. The number of carbonyl (C=O) groups excluding carboxylic acids is 1. The average molecular weight is 489 g/mol. The first-order valence-electron chi connectivity index (χ1n) is 10.3. The van der Waals surface area contributed by atoms with Gasteiger partial charge in [0.1, 0.15) is 11.5 Å². The van der Waals surface area contributed by atoms with Crippen LogP contribution in [0.4, 0.5) is 11.4 Å². The molecule has 0 heterocycles. The van der Waals surface area contributed by atoms with Gasteiger partial charge in [-0.1, -0.05) is 43.6 Å². The molecule has 0 spiro atoms. The molecule has 0 aromatic heterocycles. The van der Waals surface area contributed by atoms with Crippen molar-refractivity contribution < 1.29 is 22.7 Å². The van der Waals surface area contributed by atoms with E-state index in [1.54, 1.807) is 42.5 Å². The molecule has 3 aromatic carbocycles. The number of rotatable bonds is 10. The van der Waals surface area contributed by atoms with E-state index in [9.17, 15) is 13.2 Å². The summed E-state index contributed by atoms with van der Waals surface area (Å²) < 4.78 is 38.8. The van der Waals surface area contributed by atoms with Crippen LogP contribution in [0.5, 0.6) is 11.5 Å². The van der Waals surface area contributed by atoms with Crippen LogP contribution in [-0.4, -0.2) is 27.5 Å². The highest BCUT2D eigenvalue weighted by Crippen LogP contribution is 2.25. The molecule has 7 nitrogen and oxygen atoms in total. The van der Waals surface area contributed by atoms with E-state index in [1.807, 2.05) is 6.07 Å². The molecule has 0 unspecified atom stereocenters. The topological polar surface area (TPSA) is 93.7 Å². The molecule has 0 aliphatic heterocycles. The van der Waals surface area contributed by atoms with Gasteiger partial charge in [-0.05, 0) is 54.4 Å². The molecular weight excluding hydrogens is 464 g/mol. The van der Waals surface area contributed by atoms with Crippen LogP contribution < -0.4 is 19.5 Å². The van der Waals surface area contributed by atoms with Crippen LogP contribution in [0.3, 0.4) is 0 Å². The van der Waals surface area contributed by atoms with E-state index in [1.165, 1.54) is 24.3 Å². The number of anilines is 2. The third kappa shape index (κ3) is 7.40. The molecule has 0 fully saturated rings. The Morgan fingerprint density at radius 3 is 2.27 bits per heavy atom. The van der Waals surface area contributed by atoms with Crippen molar-refractivity contribution in [3.8, 4) is 11.5 Å². The molecule has 0 aliphatic rings. The number of carbonyl (C=O) groups is 1. The molecule has 174 valence electrons. The lowest BCUT2D eigenvalue weighted by Crippen LogP contribution is -2.20. The van der Waals surface area contributed by atoms with E-state index in [-0.39, 0.29) is 23.1 Å². The highest BCUT2D eigenvalue weighted by Gasteiger charge is 2.16. The van der Waals surface area contributed by atoms with Gasteiger partial charge in [0.15, 0.2) is 6.61 Å². The lowest BCUT2D eigenvalue weighted by molar-refractivity contribution is -0.118. The molecule has 0 radical (unpaired) electrons. The van der Waals surface area contributed by atoms with Gasteiger partial charge in [0.25, 0.3) is 15.9 Å². The number of para-hydroxylation sites is 1. The maximum Gasteiger partial charge on any atom is 0.262 e. The Labute approximate surface area is 198 Å². The molecule has 2 N–H and O–H groups in total. The van der Waals surface area contributed by atoms with Crippen LogP contribution in [0, 0.1) is 5.92 Å². The van der Waals surface area contributed by atoms with Gasteiger partial charge in [0.05, 0.1) is 22.2 Å². The van der Waals surface area contributed by atoms with Crippen LogP contribution in [-0.2, 0) is 14.8 Å². The molecule has 0 bridgehead atoms. The number of ether oxygens (including phenoxy) is 2. The Kier molecular flexibility index (Phi) is 8.19. The Hall–Kier alpha value is -3.23. The SMILES string of the molecule is CC(C)COc1cccc(OCC(=O)Nc2ccc(S(=O)(=O)Nc3ccccc3Cl)cc2)c1. The van der Waals surface area contributed by atoms with Crippen molar-refractivity contribution in [2.75, 3.05) is 23.3 Å². The molecule has 3 rings (SSSR count). The smallest absolute Gasteiger partial charge is 0.262 e. The van der Waals surface area contributed by atoms with Crippen LogP contribution in [0.25, 0.3) is 0 Å². The van der Waals surface area contributed by atoms with Crippen molar-refractivity contribution in [1.82, 2.24) is 0 Å². The standard InChI is InChI=1S/C24H25ClN2O5S/c1-17(2)15-31-19-6-5-7-20(14-19)32-16-24(28)26-18-10-12-21(13-11-18)33(29,30)27-23-9-4-3-8-22(23)25/h3-14,17,27H,15-16H2,1-2H3,(H,26,28). The van der Waals surface area contributed by atoms with Gasteiger partial charge < -0.3 is 14.8 Å². The summed E-state index contributed by atoms with van der Waals surface area (Å²) >= 11 is 6.02. The van der Waals surface area contributed by atoms with Crippen molar-refractivity contribution in [2.45, 2.75) is 18.7 Å². The largest absolute Gasteiger partial charge is 0.493 e. The predicted molar refractivity (Wildman–Crippen MR) is 130 cm³/mol. The molecule has 0 saturated carbocycles. The van der Waals surface area contributed by atoms with Crippen LogP contribution in [0.1, 0.15) is 13.8 Å². The maximum absolute atomic E-state index is 12.6. The number of nitrogens with one attached hydrogen (secondary N) is 2. The summed E-state index contributed by atoms with van der Waals surface area (Å²) in [5.41, 5.74) is 0.724. The van der Waals surface area contributed by atoms with Gasteiger partial charge in [0.2, 0.25) is 0 Å². The molecule has 3 aromatic rings. The Morgan fingerprint density at radius 1 is 0.939 bits per heavy atom. The molecular formula is C24H25ClN2O5S. The summed E-state index contributed by atoms with van der Waals surface area (Å²) in [6, 6.07) is 19.4. The van der Waals surface area contributed by atoms with E-state index in [4.69, 9.17) is 21.1 Å². The number of halogens is 1. The van der Waals surface area contributed by atoms with Crippen LogP contribution >= 0.6 is 11.6 Å². The number of benzene rings is 3. The fourth-order valence-electron chi connectivity index (χ4n) is 2.73. The Morgan fingerprint density at radius 2 is 1.61 bits per heavy atom. The zero-order valence-corrected chi connectivity index (χ0v) is 19.8. The Balaban J connectivity index is 1.55. The van der Waals surface area contributed by atoms with Gasteiger partial charge >= 0.3 is 0 Å². The van der Waals surface area contributed by atoms with Gasteiger partial charge in [-0.3, -0.25) is 9.52 Å². The van der Waals surface area contributed by atoms with Crippen molar-refractivity contribution in [3.63, 3.8) is 0 Å². The summed E-state index contributed by atoms with van der Waals surface area (Å²) in [5.74, 6) is 1.20. The van der Waals surface area contributed by atoms with Crippen molar-refractivity contribution in [1.29, 1.82) is 0 Å². The fourth-order valence-corrected chi connectivity index (χ4v) is 4.05. The van der Waals surface area contributed by atoms with E-state index in [2.05, 4.69) is 23.9 Å². The first-order chi connectivity index (χ1) is 15.7. The summed E-state index contributed by atoms with van der Waals surface area (Å²) in [5, 5.41) is 2.97. The highest BCUT2D eigenvalue weighted by molar-refractivity contribution is 7.92. The molecule has 0 aliphatic carbocycles. The van der Waals surface area contributed by atoms with Gasteiger partial charge in [-0.25, -0.2) is 8.42 Å². The zero-order valence-electron chi connectivity index (χ0n) is 18.2. The van der Waals surface area contributed by atoms with Crippen LogP contribution in [0.15, 0.2) is 77.7 Å². The second-order valence-electron chi connectivity index (χ2n) is 7.63. The third-order valence-electron chi connectivity index (χ3n) is 4.33. The second kappa shape index (κ2) is 11.1. The quantitative estimate of drug-likeness (QED) is 0.409. The minimum absolute atomic E-state index is 0.0369. The molecule has 0 atom stereocenters. The zero-order chi connectivity index (χ0) is 23.8. The summed E-state index contributed by atoms with van der Waals surface area (Å²) in [7, 11) is -3.83. The number of hydrogen-bond acceptors (Lipinski definition) is 5. The Bertz CT molecular complexity index is 1200. The minimum Gasteiger partial charge on any atom is -0.493 e. The van der Waals surface area contributed by atoms with E-state index < -0.39 is 10.0 Å². The lowest BCUT2D eigenvalue weighted by atomic mass is 10.2. The predicted octanol–water partition coefficient (Wildman–Crippen LogP) is 5.19. The van der Waals surface area contributed by atoms with Crippen molar-refractivity contribution >= 4 is 38.9 Å². The average Bonchev–Trinajstić information content (AvgIpc) is 2.78. The molecule has 1 amide bonds. The fraction of sp³-hybridized carbons (Fsp3) is 0.208. The summed E-state index contributed by atoms with van der Waals surface area (Å²) in [6.45, 7) is 4.50. The lowest BCUT2D eigenvalue weighted by Gasteiger charge is -2.12. The van der Waals surface area contributed by atoms with Gasteiger partial charge in [0, 0.05) is 11.8 Å². The van der Waals surface area contributed by atoms with Crippen LogP contribution in [0.2, 0.25) is 5.02 Å². The van der Waals surface area contributed by atoms with Crippen molar-refractivity contribution in [3.05, 3.63) is 77.8 Å². The van der Waals surface area contributed by atoms with Gasteiger partial charge in [-0.15, -0.1) is 0 Å². The first kappa shape index (κ1) is 24.4. The minimum atomic E-state index is -3.83. The maximum atomic E-state index is 12.6. The monoisotopic (exact) mass is 488 g/mol. The molecule has 0 saturated heterocycles. The summed E-state index contributed by atoms with van der Waals surface area (Å²) in [4.78, 5) is 12.3. The van der Waals surface area contributed by atoms with E-state index in [0.717, 1.165) is 0 Å². The first-order valence-corrected chi connectivity index (χ1v) is 12.1.